The summed E-state index contributed by atoms with van der Waals surface area (Å²) in [6, 6.07) is 0.476. The summed E-state index contributed by atoms with van der Waals surface area (Å²) in [4.78, 5) is 5.99. The second kappa shape index (κ2) is 6.64. The second-order valence-corrected chi connectivity index (χ2v) is 6.32. The Morgan fingerprint density at radius 2 is 2.11 bits per heavy atom. The predicted octanol–water partition coefficient (Wildman–Crippen LogP) is 3.23. The third kappa shape index (κ3) is 3.53. The van der Waals surface area contributed by atoms with E-state index in [4.69, 9.17) is 4.74 Å². The molecule has 1 aliphatic heterocycles. The molecule has 0 aliphatic carbocycles. The van der Waals surface area contributed by atoms with Crippen LogP contribution in [0.4, 0.5) is 0 Å². The number of hydrogen-bond acceptors (Lipinski definition) is 4. The molecule has 1 atom stereocenters. The van der Waals surface area contributed by atoms with E-state index in [0.29, 0.717) is 6.04 Å². The SMILES string of the molecule is CCNC(CC1CCOCC1)c1sc(C)nc1C. The normalized spacial score (nSPS) is 19.1. The molecule has 1 aromatic rings. The topological polar surface area (TPSA) is 34.1 Å². The van der Waals surface area contributed by atoms with Gasteiger partial charge in [-0.1, -0.05) is 6.92 Å². The summed E-state index contributed by atoms with van der Waals surface area (Å²) in [6.07, 6.45) is 3.64. The lowest BCUT2D eigenvalue weighted by Crippen LogP contribution is -2.26. The number of rotatable bonds is 5. The second-order valence-electron chi connectivity index (χ2n) is 5.08. The van der Waals surface area contributed by atoms with Crippen LogP contribution >= 0.6 is 11.3 Å². The number of aryl methyl sites for hydroxylation is 2. The molecule has 3 nitrogen and oxygen atoms in total. The van der Waals surface area contributed by atoms with Gasteiger partial charge in [-0.2, -0.15) is 0 Å². The first kappa shape index (κ1) is 14.0. The number of nitrogens with one attached hydrogen (secondary N) is 1. The van der Waals surface area contributed by atoms with Crippen LogP contribution in [0.3, 0.4) is 0 Å². The predicted molar refractivity (Wildman–Crippen MR) is 76.2 cm³/mol. The maximum Gasteiger partial charge on any atom is 0.0900 e. The largest absolute Gasteiger partial charge is 0.381 e. The van der Waals surface area contributed by atoms with Gasteiger partial charge in [0.25, 0.3) is 0 Å². The van der Waals surface area contributed by atoms with Crippen molar-refractivity contribution in [1.29, 1.82) is 0 Å². The molecule has 1 aliphatic rings. The molecule has 2 heterocycles. The summed E-state index contributed by atoms with van der Waals surface area (Å²) in [5, 5.41) is 4.81. The van der Waals surface area contributed by atoms with E-state index in [2.05, 4.69) is 31.1 Å². The minimum atomic E-state index is 0.476. The van der Waals surface area contributed by atoms with Crippen LogP contribution in [-0.4, -0.2) is 24.7 Å². The van der Waals surface area contributed by atoms with Crippen molar-refractivity contribution in [2.75, 3.05) is 19.8 Å². The molecule has 1 aromatic heterocycles. The number of ether oxygens (including phenoxy) is 1. The first-order valence-corrected chi connectivity index (χ1v) is 7.77. The Labute approximate surface area is 114 Å². The lowest BCUT2D eigenvalue weighted by Gasteiger charge is -2.26. The highest BCUT2D eigenvalue weighted by Gasteiger charge is 2.22. The average molecular weight is 268 g/mol. The molecule has 0 amide bonds. The van der Waals surface area contributed by atoms with Gasteiger partial charge < -0.3 is 10.1 Å². The molecule has 0 spiro atoms. The standard InChI is InChI=1S/C14H24N2OS/c1-4-15-13(9-12-5-7-17-8-6-12)14-10(2)16-11(3)18-14/h12-13,15H,4-9H2,1-3H3. The lowest BCUT2D eigenvalue weighted by atomic mass is 9.91. The molecule has 102 valence electrons. The van der Waals surface area contributed by atoms with Crippen molar-refractivity contribution in [2.45, 2.75) is 46.1 Å². The molecule has 2 rings (SSSR count). The van der Waals surface area contributed by atoms with Crippen molar-refractivity contribution in [2.24, 2.45) is 5.92 Å². The van der Waals surface area contributed by atoms with Crippen LogP contribution in [0.15, 0.2) is 0 Å². The van der Waals surface area contributed by atoms with E-state index in [9.17, 15) is 0 Å². The Morgan fingerprint density at radius 3 is 2.67 bits per heavy atom. The van der Waals surface area contributed by atoms with Crippen molar-refractivity contribution in [3.63, 3.8) is 0 Å². The van der Waals surface area contributed by atoms with Gasteiger partial charge in [0.15, 0.2) is 0 Å². The molecular formula is C14H24N2OS. The molecule has 0 saturated carbocycles. The number of hydrogen-bond donors (Lipinski definition) is 1. The van der Waals surface area contributed by atoms with Crippen LogP contribution in [0, 0.1) is 19.8 Å². The number of nitrogens with zero attached hydrogens (tertiary/aromatic N) is 1. The van der Waals surface area contributed by atoms with E-state index in [0.717, 1.165) is 25.7 Å². The van der Waals surface area contributed by atoms with Crippen LogP contribution in [0.5, 0.6) is 0 Å². The molecule has 1 N–H and O–H groups in total. The highest BCUT2D eigenvalue weighted by Crippen LogP contribution is 2.32. The van der Waals surface area contributed by atoms with Crippen molar-refractivity contribution in [3.8, 4) is 0 Å². The summed E-state index contributed by atoms with van der Waals surface area (Å²) >= 11 is 1.85. The van der Waals surface area contributed by atoms with Crippen molar-refractivity contribution in [3.05, 3.63) is 15.6 Å². The monoisotopic (exact) mass is 268 g/mol. The fourth-order valence-electron chi connectivity index (χ4n) is 2.72. The summed E-state index contributed by atoms with van der Waals surface area (Å²) < 4.78 is 5.44. The van der Waals surface area contributed by atoms with Crippen LogP contribution in [-0.2, 0) is 4.74 Å². The summed E-state index contributed by atoms with van der Waals surface area (Å²) in [6.45, 7) is 9.30. The molecule has 0 radical (unpaired) electrons. The molecule has 4 heteroatoms. The molecule has 1 unspecified atom stereocenters. The first-order chi connectivity index (χ1) is 8.70. The van der Waals surface area contributed by atoms with Gasteiger partial charge >= 0.3 is 0 Å². The van der Waals surface area contributed by atoms with E-state index in [1.807, 2.05) is 11.3 Å². The van der Waals surface area contributed by atoms with E-state index in [1.165, 1.54) is 34.8 Å². The summed E-state index contributed by atoms with van der Waals surface area (Å²) in [5.74, 6) is 0.796. The molecule has 1 saturated heterocycles. The van der Waals surface area contributed by atoms with Gasteiger partial charge in [0.2, 0.25) is 0 Å². The quantitative estimate of drug-likeness (QED) is 0.890. The third-order valence-corrected chi connectivity index (χ3v) is 4.80. The van der Waals surface area contributed by atoms with Crippen LogP contribution in [0.2, 0.25) is 0 Å². The van der Waals surface area contributed by atoms with Crippen LogP contribution in [0.25, 0.3) is 0 Å². The van der Waals surface area contributed by atoms with Gasteiger partial charge in [0.05, 0.1) is 10.7 Å². The van der Waals surface area contributed by atoms with E-state index in [-0.39, 0.29) is 0 Å². The highest BCUT2D eigenvalue weighted by atomic mass is 32.1. The third-order valence-electron chi connectivity index (χ3n) is 3.62. The minimum Gasteiger partial charge on any atom is -0.381 e. The van der Waals surface area contributed by atoms with Gasteiger partial charge in [0, 0.05) is 24.1 Å². The van der Waals surface area contributed by atoms with Gasteiger partial charge in [-0.3, -0.25) is 0 Å². The van der Waals surface area contributed by atoms with Gasteiger partial charge in [-0.15, -0.1) is 11.3 Å². The van der Waals surface area contributed by atoms with Crippen molar-refractivity contribution >= 4 is 11.3 Å². The summed E-state index contributed by atoms with van der Waals surface area (Å²) in [5.41, 5.74) is 1.20. The molecule has 18 heavy (non-hydrogen) atoms. The van der Waals surface area contributed by atoms with Crippen molar-refractivity contribution in [1.82, 2.24) is 10.3 Å². The van der Waals surface area contributed by atoms with E-state index >= 15 is 0 Å². The molecular weight excluding hydrogens is 244 g/mol. The average Bonchev–Trinajstić information content (AvgIpc) is 2.69. The zero-order valence-electron chi connectivity index (χ0n) is 11.7. The summed E-state index contributed by atoms with van der Waals surface area (Å²) in [7, 11) is 0. The Morgan fingerprint density at radius 1 is 1.39 bits per heavy atom. The minimum absolute atomic E-state index is 0.476. The van der Waals surface area contributed by atoms with Gasteiger partial charge in [-0.25, -0.2) is 4.98 Å². The Kier molecular flexibility index (Phi) is 5.15. The maximum atomic E-state index is 5.44. The Hall–Kier alpha value is -0.450. The Balaban J connectivity index is 2.04. The maximum absolute atomic E-state index is 5.44. The number of thiazole rings is 1. The molecule has 0 bridgehead atoms. The Bertz CT molecular complexity index is 372. The fraction of sp³-hybridized carbons (Fsp3) is 0.786. The smallest absolute Gasteiger partial charge is 0.0900 e. The molecule has 0 aromatic carbocycles. The first-order valence-electron chi connectivity index (χ1n) is 6.95. The van der Waals surface area contributed by atoms with Crippen molar-refractivity contribution < 1.29 is 4.74 Å². The van der Waals surface area contributed by atoms with Gasteiger partial charge in [0.1, 0.15) is 0 Å². The lowest BCUT2D eigenvalue weighted by molar-refractivity contribution is 0.0607. The fourth-order valence-corrected chi connectivity index (χ4v) is 3.73. The zero-order chi connectivity index (χ0) is 13.0. The number of aromatic nitrogens is 1. The van der Waals surface area contributed by atoms with E-state index in [1.54, 1.807) is 0 Å². The van der Waals surface area contributed by atoms with Gasteiger partial charge in [-0.05, 0) is 45.6 Å². The van der Waals surface area contributed by atoms with Crippen LogP contribution in [0.1, 0.15) is 47.8 Å². The van der Waals surface area contributed by atoms with E-state index < -0.39 is 0 Å². The van der Waals surface area contributed by atoms with Crippen LogP contribution < -0.4 is 5.32 Å². The molecule has 1 fully saturated rings. The highest BCUT2D eigenvalue weighted by molar-refractivity contribution is 7.11. The zero-order valence-corrected chi connectivity index (χ0v) is 12.5.